The first kappa shape index (κ1) is 16.1. The Labute approximate surface area is 130 Å². The largest absolute Gasteiger partial charge is 0.374 e. The molecule has 0 spiro atoms. The Morgan fingerprint density at radius 3 is 2.90 bits per heavy atom. The lowest BCUT2D eigenvalue weighted by molar-refractivity contribution is 0.569. The summed E-state index contributed by atoms with van der Waals surface area (Å²) < 4.78 is 0. The fourth-order valence-corrected chi connectivity index (χ4v) is 2.93. The molecule has 0 saturated heterocycles. The van der Waals surface area contributed by atoms with E-state index in [1.165, 1.54) is 41.8 Å². The van der Waals surface area contributed by atoms with E-state index in [2.05, 4.69) is 62.3 Å². The molecule has 2 nitrogen and oxygen atoms in total. The van der Waals surface area contributed by atoms with Gasteiger partial charge in [0.05, 0.1) is 0 Å². The molecule has 116 valence electrons. The van der Waals surface area contributed by atoms with E-state index in [0.717, 1.165) is 19.5 Å². The molecule has 1 aromatic rings. The highest BCUT2D eigenvalue weighted by Gasteiger charge is 2.13. The molecule has 0 aromatic heterocycles. The zero-order valence-corrected chi connectivity index (χ0v) is 14.1. The smallest absolute Gasteiger partial charge is 0.0396 e. The minimum atomic E-state index is 0.711. The van der Waals surface area contributed by atoms with Gasteiger partial charge >= 0.3 is 0 Å². The van der Waals surface area contributed by atoms with Crippen molar-refractivity contribution in [2.45, 2.75) is 40.0 Å². The van der Waals surface area contributed by atoms with E-state index in [9.17, 15) is 0 Å². The molecular formula is C19H30N2. The van der Waals surface area contributed by atoms with Crippen LogP contribution in [0.1, 0.15) is 44.7 Å². The summed E-state index contributed by atoms with van der Waals surface area (Å²) in [5, 5.41) is 3.55. The van der Waals surface area contributed by atoms with E-state index in [-0.39, 0.29) is 0 Å². The minimum Gasteiger partial charge on any atom is -0.374 e. The van der Waals surface area contributed by atoms with Gasteiger partial charge in [-0.05, 0) is 55.0 Å². The molecule has 0 aliphatic carbocycles. The van der Waals surface area contributed by atoms with Crippen molar-refractivity contribution in [1.82, 2.24) is 5.32 Å². The first-order valence-electron chi connectivity index (χ1n) is 8.34. The zero-order valence-electron chi connectivity index (χ0n) is 14.1. The number of fused-ring (bicyclic) bond motifs is 1. The van der Waals surface area contributed by atoms with Crippen LogP contribution in [0.2, 0.25) is 0 Å². The molecule has 0 saturated carbocycles. The number of aryl methyl sites for hydroxylation is 1. The molecule has 0 atom stereocenters. The molecule has 0 bridgehead atoms. The number of benzene rings is 1. The molecule has 1 aromatic carbocycles. The number of hydrogen-bond acceptors (Lipinski definition) is 2. The van der Waals surface area contributed by atoms with Gasteiger partial charge in [-0.3, -0.25) is 0 Å². The van der Waals surface area contributed by atoms with Crippen molar-refractivity contribution in [2.75, 3.05) is 31.6 Å². The van der Waals surface area contributed by atoms with Crippen LogP contribution in [0.3, 0.4) is 0 Å². The molecule has 21 heavy (non-hydrogen) atoms. The van der Waals surface area contributed by atoms with Crippen molar-refractivity contribution in [2.24, 2.45) is 5.92 Å². The predicted molar refractivity (Wildman–Crippen MR) is 94.0 cm³/mol. The standard InChI is InChI=1S/C19H30N2/c1-5-16(14-20-13-15(2)3)11-17-8-9-19-18(12-17)7-6-10-21(19)4/h8-9,11-12,15,20H,5-7,10,13-14H2,1-4H3. The highest BCUT2D eigenvalue weighted by atomic mass is 15.1. The van der Waals surface area contributed by atoms with Crippen molar-refractivity contribution < 1.29 is 0 Å². The third kappa shape index (κ3) is 4.60. The van der Waals surface area contributed by atoms with Crippen LogP contribution >= 0.6 is 0 Å². The van der Waals surface area contributed by atoms with Gasteiger partial charge in [-0.1, -0.05) is 38.5 Å². The highest BCUT2D eigenvalue weighted by molar-refractivity contribution is 5.63. The van der Waals surface area contributed by atoms with Crippen molar-refractivity contribution in [3.8, 4) is 0 Å². The van der Waals surface area contributed by atoms with Crippen LogP contribution < -0.4 is 10.2 Å². The van der Waals surface area contributed by atoms with Crippen molar-refractivity contribution in [1.29, 1.82) is 0 Å². The van der Waals surface area contributed by atoms with Crippen LogP contribution in [-0.4, -0.2) is 26.7 Å². The SMILES string of the molecule is CCC(=Cc1ccc2c(c1)CCCN2C)CNCC(C)C. The van der Waals surface area contributed by atoms with Gasteiger partial charge in [-0.25, -0.2) is 0 Å². The highest BCUT2D eigenvalue weighted by Crippen LogP contribution is 2.27. The van der Waals surface area contributed by atoms with E-state index in [0.29, 0.717) is 5.92 Å². The second-order valence-corrected chi connectivity index (χ2v) is 6.59. The second-order valence-electron chi connectivity index (χ2n) is 6.59. The predicted octanol–water partition coefficient (Wildman–Crippen LogP) is 4.11. The van der Waals surface area contributed by atoms with Crippen LogP contribution in [0, 0.1) is 5.92 Å². The minimum absolute atomic E-state index is 0.711. The van der Waals surface area contributed by atoms with Crippen molar-refractivity contribution >= 4 is 11.8 Å². The Balaban J connectivity index is 2.07. The van der Waals surface area contributed by atoms with Gasteiger partial charge in [-0.15, -0.1) is 0 Å². The number of nitrogens with one attached hydrogen (secondary N) is 1. The molecule has 0 amide bonds. The van der Waals surface area contributed by atoms with Gasteiger partial charge in [0.2, 0.25) is 0 Å². The summed E-state index contributed by atoms with van der Waals surface area (Å²) in [5.41, 5.74) is 5.75. The van der Waals surface area contributed by atoms with Crippen molar-refractivity contribution in [3.05, 3.63) is 34.9 Å². The second kappa shape index (κ2) is 7.65. The zero-order chi connectivity index (χ0) is 15.2. The number of anilines is 1. The average Bonchev–Trinajstić information content (AvgIpc) is 2.46. The van der Waals surface area contributed by atoms with E-state index in [1.54, 1.807) is 0 Å². The Hall–Kier alpha value is -1.28. The Kier molecular flexibility index (Phi) is 5.86. The third-order valence-corrected chi connectivity index (χ3v) is 4.18. The molecule has 2 heteroatoms. The summed E-state index contributed by atoms with van der Waals surface area (Å²) in [6, 6.07) is 6.93. The lowest BCUT2D eigenvalue weighted by Gasteiger charge is -2.27. The van der Waals surface area contributed by atoms with Crippen LogP contribution in [0.5, 0.6) is 0 Å². The van der Waals surface area contributed by atoms with E-state index in [4.69, 9.17) is 0 Å². The summed E-state index contributed by atoms with van der Waals surface area (Å²) in [6.07, 6.45) is 5.96. The van der Waals surface area contributed by atoms with Crippen LogP contribution in [0.15, 0.2) is 23.8 Å². The van der Waals surface area contributed by atoms with Crippen molar-refractivity contribution in [3.63, 3.8) is 0 Å². The molecule has 1 heterocycles. The molecule has 1 N–H and O–H groups in total. The monoisotopic (exact) mass is 286 g/mol. The summed E-state index contributed by atoms with van der Waals surface area (Å²) in [4.78, 5) is 2.37. The molecule has 1 aliphatic heterocycles. The van der Waals surface area contributed by atoms with Gasteiger partial charge in [0, 0.05) is 25.8 Å². The molecule has 1 aliphatic rings. The first-order valence-corrected chi connectivity index (χ1v) is 8.34. The third-order valence-electron chi connectivity index (χ3n) is 4.18. The molecule has 2 rings (SSSR count). The topological polar surface area (TPSA) is 15.3 Å². The first-order chi connectivity index (χ1) is 10.1. The molecule has 0 fully saturated rings. The maximum Gasteiger partial charge on any atom is 0.0396 e. The van der Waals surface area contributed by atoms with Crippen LogP contribution in [0.25, 0.3) is 6.08 Å². The van der Waals surface area contributed by atoms with Crippen LogP contribution in [-0.2, 0) is 6.42 Å². The Morgan fingerprint density at radius 2 is 2.19 bits per heavy atom. The summed E-state index contributed by atoms with van der Waals surface area (Å²) in [7, 11) is 2.20. The summed E-state index contributed by atoms with van der Waals surface area (Å²) in [6.45, 7) is 10.0. The van der Waals surface area contributed by atoms with Gasteiger partial charge in [0.1, 0.15) is 0 Å². The van der Waals surface area contributed by atoms with Gasteiger partial charge in [0.25, 0.3) is 0 Å². The number of rotatable bonds is 6. The van der Waals surface area contributed by atoms with Gasteiger partial charge in [0.15, 0.2) is 0 Å². The summed E-state index contributed by atoms with van der Waals surface area (Å²) in [5.74, 6) is 0.711. The molecule has 0 unspecified atom stereocenters. The maximum atomic E-state index is 3.55. The lowest BCUT2D eigenvalue weighted by atomic mass is 9.98. The molecule has 0 radical (unpaired) electrons. The van der Waals surface area contributed by atoms with Crippen LogP contribution in [0.4, 0.5) is 5.69 Å². The van der Waals surface area contributed by atoms with E-state index in [1.807, 2.05) is 0 Å². The fourth-order valence-electron chi connectivity index (χ4n) is 2.93. The van der Waals surface area contributed by atoms with E-state index < -0.39 is 0 Å². The van der Waals surface area contributed by atoms with Gasteiger partial charge < -0.3 is 10.2 Å². The average molecular weight is 286 g/mol. The van der Waals surface area contributed by atoms with Gasteiger partial charge in [-0.2, -0.15) is 0 Å². The lowest BCUT2D eigenvalue weighted by Crippen LogP contribution is -2.24. The Morgan fingerprint density at radius 1 is 1.38 bits per heavy atom. The summed E-state index contributed by atoms with van der Waals surface area (Å²) >= 11 is 0. The fraction of sp³-hybridized carbons (Fsp3) is 0.579. The molecular weight excluding hydrogens is 256 g/mol. The number of nitrogens with zero attached hydrogens (tertiary/aromatic N) is 1. The Bertz CT molecular complexity index is 488. The number of hydrogen-bond donors (Lipinski definition) is 1. The van der Waals surface area contributed by atoms with E-state index >= 15 is 0 Å². The normalized spacial score (nSPS) is 15.5. The maximum absolute atomic E-state index is 3.55. The quantitative estimate of drug-likeness (QED) is 0.846.